The van der Waals surface area contributed by atoms with Crippen molar-refractivity contribution in [2.24, 2.45) is 0 Å². The first-order valence-corrected chi connectivity index (χ1v) is 10.1. The lowest BCUT2D eigenvalue weighted by molar-refractivity contribution is -0.118. The highest BCUT2D eigenvalue weighted by Crippen LogP contribution is 2.40. The molecule has 0 spiro atoms. The van der Waals surface area contributed by atoms with E-state index in [1.807, 2.05) is 47.1 Å². The van der Waals surface area contributed by atoms with Gasteiger partial charge in [-0.3, -0.25) is 4.79 Å². The van der Waals surface area contributed by atoms with Crippen LogP contribution in [0.2, 0.25) is 0 Å². The number of benzene rings is 2. The zero-order chi connectivity index (χ0) is 18.6. The largest absolute Gasteiger partial charge is 0.351 e. The molecule has 0 unspecified atom stereocenters. The van der Waals surface area contributed by atoms with Crippen LogP contribution in [0.1, 0.15) is 35.7 Å². The Morgan fingerprint density at radius 2 is 1.89 bits per heavy atom. The van der Waals surface area contributed by atoms with Gasteiger partial charge in [0.05, 0.1) is 11.4 Å². The van der Waals surface area contributed by atoms with Crippen molar-refractivity contribution in [2.45, 2.75) is 37.4 Å². The van der Waals surface area contributed by atoms with Gasteiger partial charge in [0.15, 0.2) is 0 Å². The summed E-state index contributed by atoms with van der Waals surface area (Å²) in [5.74, 6) is 1.80. The number of nitrogens with one attached hydrogen (secondary N) is 1. The molecule has 27 heavy (non-hydrogen) atoms. The van der Waals surface area contributed by atoms with Gasteiger partial charge in [0, 0.05) is 12.5 Å². The highest BCUT2D eigenvalue weighted by molar-refractivity contribution is 7.99. The first-order chi connectivity index (χ1) is 13.2. The van der Waals surface area contributed by atoms with Crippen LogP contribution < -0.4 is 5.32 Å². The van der Waals surface area contributed by atoms with E-state index in [-0.39, 0.29) is 5.91 Å². The summed E-state index contributed by atoms with van der Waals surface area (Å²) in [6, 6.07) is 18.2. The third-order valence-corrected chi connectivity index (χ3v) is 5.34. The summed E-state index contributed by atoms with van der Waals surface area (Å²) < 4.78 is 1.92. The number of para-hydroxylation sites is 1. The van der Waals surface area contributed by atoms with Crippen molar-refractivity contribution in [1.29, 1.82) is 0 Å². The molecule has 4 rings (SSSR count). The zero-order valence-electron chi connectivity index (χ0n) is 15.3. The first kappa shape index (κ1) is 17.8. The molecule has 1 saturated carbocycles. The van der Waals surface area contributed by atoms with Crippen molar-refractivity contribution in [2.75, 3.05) is 5.75 Å². The van der Waals surface area contributed by atoms with Crippen molar-refractivity contribution in [3.05, 3.63) is 71.5 Å². The fourth-order valence-corrected chi connectivity index (χ4v) is 3.48. The van der Waals surface area contributed by atoms with Crippen LogP contribution in [0.25, 0.3) is 5.69 Å². The summed E-state index contributed by atoms with van der Waals surface area (Å²) >= 11 is 1.39. The molecule has 1 amide bonds. The lowest BCUT2D eigenvalue weighted by atomic mass is 10.1. The Hall–Kier alpha value is -2.60. The predicted molar refractivity (Wildman–Crippen MR) is 107 cm³/mol. The summed E-state index contributed by atoms with van der Waals surface area (Å²) in [6.45, 7) is 2.59. The Bertz CT molecular complexity index is 917. The molecule has 0 radical (unpaired) electrons. The maximum Gasteiger partial charge on any atom is 0.230 e. The van der Waals surface area contributed by atoms with E-state index in [4.69, 9.17) is 0 Å². The molecular formula is C21H22N4OS. The normalized spacial score (nSPS) is 13.5. The minimum Gasteiger partial charge on any atom is -0.351 e. The number of hydrogen-bond acceptors (Lipinski definition) is 4. The lowest BCUT2D eigenvalue weighted by Crippen LogP contribution is -2.24. The second-order valence-corrected chi connectivity index (χ2v) is 7.77. The summed E-state index contributed by atoms with van der Waals surface area (Å²) in [7, 11) is 0. The van der Waals surface area contributed by atoms with E-state index < -0.39 is 0 Å². The highest BCUT2D eigenvalue weighted by Gasteiger charge is 2.30. The quantitative estimate of drug-likeness (QED) is 0.634. The lowest BCUT2D eigenvalue weighted by Gasteiger charge is -2.04. The number of aromatic nitrogens is 3. The summed E-state index contributed by atoms with van der Waals surface area (Å²) in [5, 5.41) is 8.24. The fourth-order valence-electron chi connectivity index (χ4n) is 2.82. The Kier molecular flexibility index (Phi) is 5.25. The van der Waals surface area contributed by atoms with Gasteiger partial charge in [-0.15, -0.1) is 5.10 Å². The van der Waals surface area contributed by atoms with E-state index >= 15 is 0 Å². The number of carbonyl (C=O) groups excluding carboxylic acids is 1. The molecule has 1 fully saturated rings. The van der Waals surface area contributed by atoms with Crippen molar-refractivity contribution >= 4 is 17.7 Å². The Morgan fingerprint density at radius 3 is 2.59 bits per heavy atom. The molecule has 3 aromatic rings. The number of nitrogens with zero attached hydrogens (tertiary/aromatic N) is 3. The molecule has 138 valence electrons. The van der Waals surface area contributed by atoms with Gasteiger partial charge in [-0.1, -0.05) is 59.8 Å². The van der Waals surface area contributed by atoms with Crippen LogP contribution in [-0.2, 0) is 11.3 Å². The average molecular weight is 379 g/mol. The topological polar surface area (TPSA) is 59.8 Å². The molecule has 1 aliphatic carbocycles. The molecule has 5 nitrogen and oxygen atoms in total. The second kappa shape index (κ2) is 7.96. The van der Waals surface area contributed by atoms with E-state index in [0.717, 1.165) is 29.9 Å². The number of rotatable bonds is 7. The smallest absolute Gasteiger partial charge is 0.230 e. The van der Waals surface area contributed by atoms with Crippen molar-refractivity contribution in [3.63, 3.8) is 0 Å². The van der Waals surface area contributed by atoms with Gasteiger partial charge < -0.3 is 5.32 Å². The Morgan fingerprint density at radius 1 is 1.15 bits per heavy atom. The molecule has 1 aromatic heterocycles. The predicted octanol–water partition coefficient (Wildman–Crippen LogP) is 3.86. The SMILES string of the molecule is Cc1ccc(CNC(=O)CSc2nc(C3CC3)n(-c3ccccc3)n2)cc1. The van der Waals surface area contributed by atoms with Gasteiger partial charge in [-0.05, 0) is 37.5 Å². The average Bonchev–Trinajstić information content (AvgIpc) is 3.46. The third-order valence-electron chi connectivity index (χ3n) is 4.50. The van der Waals surface area contributed by atoms with Crippen LogP contribution in [0, 0.1) is 6.92 Å². The molecule has 0 aliphatic heterocycles. The zero-order valence-corrected chi connectivity index (χ0v) is 16.1. The van der Waals surface area contributed by atoms with Gasteiger partial charge in [-0.2, -0.15) is 0 Å². The summed E-state index contributed by atoms with van der Waals surface area (Å²) in [4.78, 5) is 16.9. The van der Waals surface area contributed by atoms with Gasteiger partial charge in [0.25, 0.3) is 0 Å². The standard InChI is InChI=1S/C21H22N4OS/c1-15-7-9-16(10-8-15)13-22-19(26)14-27-21-23-20(17-11-12-17)25(24-21)18-5-3-2-4-6-18/h2-10,17H,11-14H2,1H3,(H,22,26). The molecule has 0 saturated heterocycles. The molecule has 0 bridgehead atoms. The van der Waals surface area contributed by atoms with Gasteiger partial charge in [0.1, 0.15) is 5.82 Å². The van der Waals surface area contributed by atoms with Gasteiger partial charge in [-0.25, -0.2) is 9.67 Å². The Balaban J connectivity index is 1.36. The maximum atomic E-state index is 12.2. The summed E-state index contributed by atoms with van der Waals surface area (Å²) in [6.07, 6.45) is 2.32. The number of amides is 1. The molecule has 0 atom stereocenters. The maximum absolute atomic E-state index is 12.2. The first-order valence-electron chi connectivity index (χ1n) is 9.16. The number of hydrogen-bond donors (Lipinski definition) is 1. The van der Waals surface area contributed by atoms with E-state index in [0.29, 0.717) is 23.4 Å². The molecule has 1 aliphatic rings. The second-order valence-electron chi connectivity index (χ2n) is 6.83. The van der Waals surface area contributed by atoms with Crippen LogP contribution in [0.15, 0.2) is 59.8 Å². The van der Waals surface area contributed by atoms with Crippen LogP contribution >= 0.6 is 11.8 Å². The minimum atomic E-state index is -0.00962. The highest BCUT2D eigenvalue weighted by atomic mass is 32.2. The van der Waals surface area contributed by atoms with Crippen molar-refractivity contribution in [3.8, 4) is 5.69 Å². The van der Waals surface area contributed by atoms with Gasteiger partial charge in [0.2, 0.25) is 11.1 Å². The van der Waals surface area contributed by atoms with Crippen molar-refractivity contribution < 1.29 is 4.79 Å². The number of thioether (sulfide) groups is 1. The van der Waals surface area contributed by atoms with E-state index in [1.54, 1.807) is 0 Å². The number of aryl methyl sites for hydroxylation is 1. The minimum absolute atomic E-state index is 0.00962. The van der Waals surface area contributed by atoms with E-state index in [1.165, 1.54) is 17.3 Å². The van der Waals surface area contributed by atoms with Crippen LogP contribution in [0.4, 0.5) is 0 Å². The molecule has 2 aromatic carbocycles. The molecule has 6 heteroatoms. The third kappa shape index (κ3) is 4.57. The van der Waals surface area contributed by atoms with Crippen LogP contribution in [0.5, 0.6) is 0 Å². The fraction of sp³-hybridized carbons (Fsp3) is 0.286. The van der Waals surface area contributed by atoms with Crippen LogP contribution in [0.3, 0.4) is 0 Å². The Labute approximate surface area is 163 Å². The monoisotopic (exact) mass is 378 g/mol. The van der Waals surface area contributed by atoms with Crippen molar-refractivity contribution in [1.82, 2.24) is 20.1 Å². The number of carbonyl (C=O) groups is 1. The van der Waals surface area contributed by atoms with E-state index in [9.17, 15) is 4.79 Å². The van der Waals surface area contributed by atoms with Crippen LogP contribution in [-0.4, -0.2) is 26.4 Å². The summed E-state index contributed by atoms with van der Waals surface area (Å²) in [5.41, 5.74) is 3.33. The molecule has 1 heterocycles. The van der Waals surface area contributed by atoms with E-state index in [2.05, 4.69) is 34.5 Å². The molecular weight excluding hydrogens is 356 g/mol. The molecule has 1 N–H and O–H groups in total. The van der Waals surface area contributed by atoms with Gasteiger partial charge >= 0.3 is 0 Å².